The summed E-state index contributed by atoms with van der Waals surface area (Å²) in [4.78, 5) is 0. The lowest BCUT2D eigenvalue weighted by Gasteiger charge is -2.38. The van der Waals surface area contributed by atoms with Crippen LogP contribution in [0.1, 0.15) is 37.3 Å². The van der Waals surface area contributed by atoms with E-state index in [2.05, 4.69) is 43.2 Å². The summed E-state index contributed by atoms with van der Waals surface area (Å²) in [5, 5.41) is 3.33. The topological polar surface area (TPSA) is 17.0 Å². The summed E-state index contributed by atoms with van der Waals surface area (Å²) < 4.78 is 2.20. The first kappa shape index (κ1) is 10.7. The number of nitrogens with one attached hydrogen (secondary N) is 1. The third-order valence-electron chi connectivity index (χ3n) is 3.84. The third-order valence-corrected chi connectivity index (χ3v) is 3.84. The molecule has 0 bridgehead atoms. The number of hydrogen-bond acceptors (Lipinski definition) is 1. The van der Waals surface area contributed by atoms with Crippen LogP contribution in [0.3, 0.4) is 0 Å². The Bertz CT molecular complexity index is 349. The van der Waals surface area contributed by atoms with Crippen LogP contribution in [0.2, 0.25) is 0 Å². The van der Waals surface area contributed by atoms with Gasteiger partial charge >= 0.3 is 0 Å². The van der Waals surface area contributed by atoms with Gasteiger partial charge in [-0.05, 0) is 36.4 Å². The first-order chi connectivity index (χ1) is 7.04. The standard InChI is InChI=1S/C13H22N2/c1-13(2)6-5-10-8-15(4)9-11(10)12(13)7-14-3/h8-9,12,14H,5-7H2,1-4H3. The maximum atomic E-state index is 3.33. The number of nitrogens with zero attached hydrogens (tertiary/aromatic N) is 1. The SMILES string of the molecule is CNCC1c2cn(C)cc2CCC1(C)C. The van der Waals surface area contributed by atoms with Crippen LogP contribution in [-0.2, 0) is 13.5 Å². The van der Waals surface area contributed by atoms with Gasteiger partial charge in [-0.15, -0.1) is 0 Å². The Hall–Kier alpha value is -0.760. The summed E-state index contributed by atoms with van der Waals surface area (Å²) >= 11 is 0. The molecule has 1 aliphatic carbocycles. The van der Waals surface area contributed by atoms with Crippen molar-refractivity contribution >= 4 is 0 Å². The maximum Gasteiger partial charge on any atom is 0.0106 e. The molecule has 1 heterocycles. The van der Waals surface area contributed by atoms with Crippen LogP contribution in [0.5, 0.6) is 0 Å². The molecule has 0 aromatic carbocycles. The molecule has 0 spiro atoms. The van der Waals surface area contributed by atoms with Crippen molar-refractivity contribution in [3.63, 3.8) is 0 Å². The second-order valence-electron chi connectivity index (χ2n) is 5.50. The van der Waals surface area contributed by atoms with Crippen LogP contribution in [0, 0.1) is 5.41 Å². The summed E-state index contributed by atoms with van der Waals surface area (Å²) in [7, 11) is 4.18. The molecule has 1 N–H and O–H groups in total. The van der Waals surface area contributed by atoms with Crippen molar-refractivity contribution in [2.75, 3.05) is 13.6 Å². The number of hydrogen-bond donors (Lipinski definition) is 1. The first-order valence-corrected chi connectivity index (χ1v) is 5.84. The largest absolute Gasteiger partial charge is 0.357 e. The molecular formula is C13H22N2. The summed E-state index contributed by atoms with van der Waals surface area (Å²) in [6, 6.07) is 0. The highest BCUT2D eigenvalue weighted by atomic mass is 14.9. The minimum Gasteiger partial charge on any atom is -0.357 e. The van der Waals surface area contributed by atoms with Gasteiger partial charge in [-0.1, -0.05) is 13.8 Å². The number of fused-ring (bicyclic) bond motifs is 1. The van der Waals surface area contributed by atoms with Gasteiger partial charge in [0.2, 0.25) is 0 Å². The molecule has 15 heavy (non-hydrogen) atoms. The molecule has 1 unspecified atom stereocenters. The lowest BCUT2D eigenvalue weighted by molar-refractivity contribution is 0.242. The average Bonchev–Trinajstić information content (AvgIpc) is 2.51. The highest BCUT2D eigenvalue weighted by molar-refractivity contribution is 5.33. The van der Waals surface area contributed by atoms with E-state index >= 15 is 0 Å². The van der Waals surface area contributed by atoms with Gasteiger partial charge in [-0.2, -0.15) is 0 Å². The number of aryl methyl sites for hydroxylation is 2. The predicted octanol–water partition coefficient (Wildman–Crippen LogP) is 2.30. The van der Waals surface area contributed by atoms with E-state index in [0.717, 1.165) is 6.54 Å². The van der Waals surface area contributed by atoms with Gasteiger partial charge in [-0.25, -0.2) is 0 Å². The molecule has 0 saturated heterocycles. The van der Waals surface area contributed by atoms with Crippen molar-refractivity contribution in [3.05, 3.63) is 23.5 Å². The Kier molecular flexibility index (Phi) is 2.63. The predicted molar refractivity (Wildman–Crippen MR) is 64.2 cm³/mol. The average molecular weight is 206 g/mol. The Morgan fingerprint density at radius 1 is 1.47 bits per heavy atom. The molecule has 1 aromatic heterocycles. The monoisotopic (exact) mass is 206 g/mol. The van der Waals surface area contributed by atoms with E-state index in [9.17, 15) is 0 Å². The van der Waals surface area contributed by atoms with Gasteiger partial charge in [-0.3, -0.25) is 0 Å². The molecule has 84 valence electrons. The minimum absolute atomic E-state index is 0.428. The molecule has 1 aliphatic rings. The van der Waals surface area contributed by atoms with Crippen molar-refractivity contribution in [1.29, 1.82) is 0 Å². The van der Waals surface area contributed by atoms with Crippen LogP contribution in [0.4, 0.5) is 0 Å². The molecule has 0 aliphatic heterocycles. The zero-order valence-corrected chi connectivity index (χ0v) is 10.3. The molecule has 0 radical (unpaired) electrons. The second-order valence-corrected chi connectivity index (χ2v) is 5.50. The van der Waals surface area contributed by atoms with Crippen LogP contribution in [-0.4, -0.2) is 18.2 Å². The molecule has 2 nitrogen and oxygen atoms in total. The van der Waals surface area contributed by atoms with Gasteiger partial charge in [0.25, 0.3) is 0 Å². The summed E-state index contributed by atoms with van der Waals surface area (Å²) in [6.07, 6.45) is 7.13. The Morgan fingerprint density at radius 2 is 2.20 bits per heavy atom. The highest BCUT2D eigenvalue weighted by Gasteiger charge is 2.35. The zero-order chi connectivity index (χ0) is 11.1. The minimum atomic E-state index is 0.428. The van der Waals surface area contributed by atoms with Gasteiger partial charge in [0.15, 0.2) is 0 Å². The quantitative estimate of drug-likeness (QED) is 0.785. The van der Waals surface area contributed by atoms with Crippen LogP contribution >= 0.6 is 0 Å². The maximum absolute atomic E-state index is 3.33. The molecule has 0 amide bonds. The van der Waals surface area contributed by atoms with E-state index in [1.807, 2.05) is 7.05 Å². The van der Waals surface area contributed by atoms with Gasteiger partial charge in [0.1, 0.15) is 0 Å². The fourth-order valence-electron chi connectivity index (χ4n) is 2.82. The zero-order valence-electron chi connectivity index (χ0n) is 10.3. The van der Waals surface area contributed by atoms with Crippen molar-refractivity contribution in [3.8, 4) is 0 Å². The smallest absolute Gasteiger partial charge is 0.0106 e. The molecule has 2 rings (SSSR count). The Balaban J connectivity index is 2.38. The van der Waals surface area contributed by atoms with Crippen LogP contribution in [0.15, 0.2) is 12.4 Å². The van der Waals surface area contributed by atoms with Crippen LogP contribution < -0.4 is 5.32 Å². The number of aromatic nitrogens is 1. The molecule has 1 aromatic rings. The summed E-state index contributed by atoms with van der Waals surface area (Å²) in [5.41, 5.74) is 3.54. The first-order valence-electron chi connectivity index (χ1n) is 5.84. The van der Waals surface area contributed by atoms with Crippen molar-refractivity contribution < 1.29 is 0 Å². The molecular weight excluding hydrogens is 184 g/mol. The molecule has 0 saturated carbocycles. The van der Waals surface area contributed by atoms with E-state index < -0.39 is 0 Å². The van der Waals surface area contributed by atoms with E-state index in [-0.39, 0.29) is 0 Å². The third kappa shape index (κ3) is 1.83. The Labute approximate surface area is 92.7 Å². The lowest BCUT2D eigenvalue weighted by Crippen LogP contribution is -2.33. The fraction of sp³-hybridized carbons (Fsp3) is 0.692. The fourth-order valence-corrected chi connectivity index (χ4v) is 2.82. The van der Waals surface area contributed by atoms with E-state index in [0.29, 0.717) is 11.3 Å². The normalized spacial score (nSPS) is 23.9. The van der Waals surface area contributed by atoms with Gasteiger partial charge < -0.3 is 9.88 Å². The van der Waals surface area contributed by atoms with Gasteiger partial charge in [0.05, 0.1) is 0 Å². The highest BCUT2D eigenvalue weighted by Crippen LogP contribution is 2.44. The van der Waals surface area contributed by atoms with Crippen molar-refractivity contribution in [2.45, 2.75) is 32.6 Å². The summed E-state index contributed by atoms with van der Waals surface area (Å²) in [5.74, 6) is 0.660. The molecule has 1 atom stereocenters. The number of rotatable bonds is 2. The number of likely N-dealkylation sites (N-methyl/N-ethyl adjacent to an activating group) is 1. The Morgan fingerprint density at radius 3 is 2.87 bits per heavy atom. The van der Waals surface area contributed by atoms with E-state index in [4.69, 9.17) is 0 Å². The molecule has 0 fully saturated rings. The van der Waals surface area contributed by atoms with E-state index in [1.54, 1.807) is 11.1 Å². The van der Waals surface area contributed by atoms with Crippen molar-refractivity contribution in [1.82, 2.24) is 9.88 Å². The van der Waals surface area contributed by atoms with Crippen molar-refractivity contribution in [2.24, 2.45) is 12.5 Å². The lowest BCUT2D eigenvalue weighted by atomic mass is 9.67. The summed E-state index contributed by atoms with van der Waals surface area (Å²) in [6.45, 7) is 5.87. The second kappa shape index (κ2) is 3.67. The van der Waals surface area contributed by atoms with Crippen LogP contribution in [0.25, 0.3) is 0 Å². The van der Waals surface area contributed by atoms with Gasteiger partial charge in [0, 0.05) is 31.9 Å². The van der Waals surface area contributed by atoms with E-state index in [1.165, 1.54) is 12.8 Å². The molecule has 2 heteroatoms.